The number of carbonyl (C=O) groups is 1. The van der Waals surface area contributed by atoms with Gasteiger partial charge in [0.15, 0.2) is 0 Å². The Labute approximate surface area is 162 Å². The third kappa shape index (κ3) is 3.30. The van der Waals surface area contributed by atoms with Gasteiger partial charge >= 0.3 is 0 Å². The van der Waals surface area contributed by atoms with Crippen LogP contribution < -0.4 is 0 Å². The Balaban J connectivity index is 1.65. The molecule has 0 aromatic heterocycles. The molecule has 2 aromatic carbocycles. The van der Waals surface area contributed by atoms with Crippen LogP contribution in [0, 0.1) is 5.41 Å². The van der Waals surface area contributed by atoms with E-state index >= 15 is 0 Å². The zero-order valence-corrected chi connectivity index (χ0v) is 16.2. The van der Waals surface area contributed by atoms with E-state index in [1.165, 1.54) is 6.42 Å². The summed E-state index contributed by atoms with van der Waals surface area (Å²) in [4.78, 5) is 19.4. The van der Waals surface area contributed by atoms with Gasteiger partial charge in [-0.3, -0.25) is 4.79 Å². The molecule has 2 aliphatic rings. The molecule has 1 saturated carbocycles. The van der Waals surface area contributed by atoms with Crippen LogP contribution in [0.1, 0.15) is 43.2 Å². The largest absolute Gasteiger partial charge is 0.380 e. The Morgan fingerprint density at radius 1 is 1.00 bits per heavy atom. The second-order valence-corrected chi connectivity index (χ2v) is 8.04. The van der Waals surface area contributed by atoms with Gasteiger partial charge in [0.05, 0.1) is 6.54 Å². The van der Waals surface area contributed by atoms with E-state index < -0.39 is 5.41 Å². The number of rotatable bonds is 3. The first-order chi connectivity index (χ1) is 12.7. The summed E-state index contributed by atoms with van der Waals surface area (Å²) in [5.74, 6) is 0.924. The maximum Gasteiger partial charge on any atom is 0.269 e. The Morgan fingerprint density at radius 3 is 2.38 bits per heavy atom. The van der Waals surface area contributed by atoms with E-state index in [-0.39, 0.29) is 5.91 Å². The Hall–Kier alpha value is -2.07. The maximum absolute atomic E-state index is 13.3. The van der Waals surface area contributed by atoms with E-state index in [4.69, 9.17) is 4.84 Å². The lowest BCUT2D eigenvalue weighted by molar-refractivity contribution is -0.160. The Bertz CT molecular complexity index is 808. The van der Waals surface area contributed by atoms with Crippen molar-refractivity contribution in [2.45, 2.75) is 38.6 Å². The molecule has 26 heavy (non-hydrogen) atoms. The molecule has 134 valence electrons. The van der Waals surface area contributed by atoms with E-state index in [0.29, 0.717) is 6.54 Å². The van der Waals surface area contributed by atoms with Crippen molar-refractivity contribution in [2.75, 3.05) is 0 Å². The molecular weight excluding hydrogens is 390 g/mol. The van der Waals surface area contributed by atoms with Gasteiger partial charge in [-0.25, -0.2) is 0 Å². The van der Waals surface area contributed by atoms with Crippen LogP contribution in [-0.2, 0) is 16.2 Å². The van der Waals surface area contributed by atoms with Crippen LogP contribution in [-0.4, -0.2) is 11.0 Å². The van der Waals surface area contributed by atoms with Gasteiger partial charge in [-0.1, -0.05) is 77.7 Å². The zero-order valence-electron chi connectivity index (χ0n) is 14.7. The van der Waals surface area contributed by atoms with Crippen LogP contribution >= 0.6 is 15.9 Å². The highest BCUT2D eigenvalue weighted by atomic mass is 79.9. The number of amides is 1. The van der Waals surface area contributed by atoms with Gasteiger partial charge < -0.3 is 4.84 Å². The number of hydroxylamine groups is 2. The van der Waals surface area contributed by atoms with Crippen molar-refractivity contribution in [3.63, 3.8) is 0 Å². The average Bonchev–Trinajstić information content (AvgIpc) is 2.91. The van der Waals surface area contributed by atoms with Crippen LogP contribution in [0.5, 0.6) is 0 Å². The van der Waals surface area contributed by atoms with Crippen LogP contribution in [0.25, 0.3) is 6.08 Å². The fraction of sp³-hybridized carbons (Fsp3) is 0.318. The molecule has 0 radical (unpaired) electrons. The van der Waals surface area contributed by atoms with Crippen LogP contribution in [0.2, 0.25) is 0 Å². The molecule has 4 heteroatoms. The van der Waals surface area contributed by atoms with Crippen molar-refractivity contribution in [1.29, 1.82) is 0 Å². The Morgan fingerprint density at radius 2 is 1.69 bits per heavy atom. The van der Waals surface area contributed by atoms with E-state index in [1.807, 2.05) is 48.5 Å². The topological polar surface area (TPSA) is 29.5 Å². The predicted octanol–water partition coefficient (Wildman–Crippen LogP) is 5.71. The lowest BCUT2D eigenvalue weighted by Gasteiger charge is -2.29. The van der Waals surface area contributed by atoms with Crippen LogP contribution in [0.15, 0.2) is 64.8 Å². The summed E-state index contributed by atoms with van der Waals surface area (Å²) in [6.45, 7) is 0.472. The van der Waals surface area contributed by atoms with Crippen LogP contribution in [0.3, 0.4) is 0 Å². The average molecular weight is 412 g/mol. The normalized spacial score (nSPS) is 20.6. The highest BCUT2D eigenvalue weighted by molar-refractivity contribution is 9.10. The Kier molecular flexibility index (Phi) is 4.86. The van der Waals surface area contributed by atoms with Gasteiger partial charge in [-0.15, -0.1) is 0 Å². The highest BCUT2D eigenvalue weighted by Crippen LogP contribution is 2.49. The third-order valence-electron chi connectivity index (χ3n) is 5.36. The molecule has 1 spiro atoms. The van der Waals surface area contributed by atoms with E-state index in [0.717, 1.165) is 47.0 Å². The highest BCUT2D eigenvalue weighted by Gasteiger charge is 2.53. The number of hydrogen-bond acceptors (Lipinski definition) is 2. The molecule has 0 unspecified atom stereocenters. The number of benzene rings is 2. The van der Waals surface area contributed by atoms with Crippen molar-refractivity contribution in [1.82, 2.24) is 5.06 Å². The molecule has 0 N–H and O–H groups in total. The minimum atomic E-state index is -0.483. The maximum atomic E-state index is 13.3. The molecule has 4 rings (SSSR count). The standard InChI is InChI=1S/C22H22BrNO2/c23-19-11-9-18(10-12-19)16-24-21(25)22(13-5-2-6-14-22)20(26-24)15-17-7-3-1-4-8-17/h1,3-4,7-12,15H,2,5-6,13-14,16H2/b20-15-. The fourth-order valence-corrected chi connectivity index (χ4v) is 4.20. The van der Waals surface area contributed by atoms with Crippen molar-refractivity contribution in [2.24, 2.45) is 5.41 Å². The second kappa shape index (κ2) is 7.28. The SMILES string of the molecule is O=C1N(Cc2ccc(Br)cc2)O/C(=C\c2ccccc2)C12CCCCC2. The first kappa shape index (κ1) is 17.3. The second-order valence-electron chi connectivity index (χ2n) is 7.12. The lowest BCUT2D eigenvalue weighted by atomic mass is 9.72. The number of carbonyl (C=O) groups excluding carboxylic acids is 1. The quantitative estimate of drug-likeness (QED) is 0.646. The van der Waals surface area contributed by atoms with E-state index in [2.05, 4.69) is 28.1 Å². The predicted molar refractivity (Wildman–Crippen MR) is 106 cm³/mol. The summed E-state index contributed by atoms with van der Waals surface area (Å²) < 4.78 is 1.03. The lowest BCUT2D eigenvalue weighted by Crippen LogP contribution is -2.36. The minimum absolute atomic E-state index is 0.113. The number of hydrogen-bond donors (Lipinski definition) is 0. The molecule has 2 aromatic rings. The van der Waals surface area contributed by atoms with E-state index in [1.54, 1.807) is 5.06 Å². The zero-order chi connectivity index (χ0) is 18.0. The summed E-state index contributed by atoms with van der Waals surface area (Å²) in [5.41, 5.74) is 1.66. The smallest absolute Gasteiger partial charge is 0.269 e. The monoisotopic (exact) mass is 411 g/mol. The van der Waals surface area contributed by atoms with Gasteiger partial charge in [0.2, 0.25) is 0 Å². The van der Waals surface area contributed by atoms with Crippen LogP contribution in [0.4, 0.5) is 0 Å². The molecule has 1 amide bonds. The third-order valence-corrected chi connectivity index (χ3v) is 5.89. The van der Waals surface area contributed by atoms with Gasteiger partial charge in [-0.2, -0.15) is 5.06 Å². The number of nitrogens with zero attached hydrogens (tertiary/aromatic N) is 1. The molecule has 0 bridgehead atoms. The molecule has 3 nitrogen and oxygen atoms in total. The minimum Gasteiger partial charge on any atom is -0.380 e. The summed E-state index contributed by atoms with van der Waals surface area (Å²) in [6.07, 6.45) is 7.15. The molecule has 2 fully saturated rings. The van der Waals surface area contributed by atoms with Gasteiger partial charge in [-0.05, 0) is 42.2 Å². The first-order valence-corrected chi connectivity index (χ1v) is 9.98. The first-order valence-electron chi connectivity index (χ1n) is 9.19. The molecular formula is C22H22BrNO2. The van der Waals surface area contributed by atoms with E-state index in [9.17, 15) is 4.79 Å². The molecule has 0 atom stereocenters. The van der Waals surface area contributed by atoms with Gasteiger partial charge in [0.25, 0.3) is 5.91 Å². The van der Waals surface area contributed by atoms with Crippen molar-refractivity contribution < 1.29 is 9.63 Å². The molecule has 1 saturated heterocycles. The van der Waals surface area contributed by atoms with Crippen molar-refractivity contribution in [3.8, 4) is 0 Å². The van der Waals surface area contributed by atoms with Crippen molar-refractivity contribution >= 4 is 27.9 Å². The molecule has 1 aliphatic carbocycles. The molecule has 1 aliphatic heterocycles. The summed E-state index contributed by atoms with van der Waals surface area (Å²) in [6, 6.07) is 18.1. The fourth-order valence-electron chi connectivity index (χ4n) is 3.93. The molecule has 1 heterocycles. The summed E-state index contributed by atoms with van der Waals surface area (Å²) >= 11 is 3.45. The van der Waals surface area contributed by atoms with Crippen molar-refractivity contribution in [3.05, 3.63) is 76.0 Å². The summed E-state index contributed by atoms with van der Waals surface area (Å²) in [5, 5.41) is 1.56. The number of halogens is 1. The van der Waals surface area contributed by atoms with Gasteiger partial charge in [0.1, 0.15) is 11.2 Å². The summed E-state index contributed by atoms with van der Waals surface area (Å²) in [7, 11) is 0. The van der Waals surface area contributed by atoms with Gasteiger partial charge in [0, 0.05) is 4.47 Å².